The zero-order valence-corrected chi connectivity index (χ0v) is 20.6. The van der Waals surface area contributed by atoms with Crippen LogP contribution in [0, 0.1) is 12.3 Å². The predicted octanol–water partition coefficient (Wildman–Crippen LogP) is 9.43. The maximum atomic E-state index is 13.6. The maximum Gasteiger partial charge on any atom is 0.394 e. The lowest BCUT2D eigenvalue weighted by atomic mass is 9.87. The zero-order chi connectivity index (χ0) is 24.4. The van der Waals surface area contributed by atoms with E-state index in [9.17, 15) is 13.2 Å². The van der Waals surface area contributed by atoms with Crippen LogP contribution in [0.3, 0.4) is 0 Å². The van der Waals surface area contributed by atoms with E-state index < -0.39 is 11.6 Å². The molecular weight excluding hydrogens is 455 g/mol. The highest BCUT2D eigenvalue weighted by Gasteiger charge is 2.47. The van der Waals surface area contributed by atoms with Crippen LogP contribution in [0.1, 0.15) is 49.8 Å². The Balaban J connectivity index is 1.78. The number of alkyl halides is 3. The van der Waals surface area contributed by atoms with Crippen molar-refractivity contribution < 1.29 is 17.6 Å². The molecule has 0 spiro atoms. The van der Waals surface area contributed by atoms with Crippen molar-refractivity contribution in [3.63, 3.8) is 0 Å². The molecular formula is C28H26F3NOS. The molecule has 0 radical (unpaired) electrons. The van der Waals surface area contributed by atoms with E-state index in [0.29, 0.717) is 17.3 Å². The third kappa shape index (κ3) is 3.78. The molecule has 2 aromatic carbocycles. The Morgan fingerprint density at radius 1 is 1.00 bits per heavy atom. The van der Waals surface area contributed by atoms with Gasteiger partial charge in [0.15, 0.2) is 5.58 Å². The van der Waals surface area contributed by atoms with Gasteiger partial charge in [-0.3, -0.25) is 0 Å². The molecule has 6 heteroatoms. The number of hydrogen-bond acceptors (Lipinski definition) is 3. The molecule has 0 aliphatic carbocycles. The van der Waals surface area contributed by atoms with Crippen molar-refractivity contribution in [2.45, 2.75) is 53.1 Å². The number of furan rings is 1. The number of rotatable bonds is 4. The van der Waals surface area contributed by atoms with Gasteiger partial charge in [0.1, 0.15) is 5.76 Å². The van der Waals surface area contributed by atoms with E-state index in [0.717, 1.165) is 37.1 Å². The Morgan fingerprint density at radius 3 is 2.44 bits per heavy atom. The van der Waals surface area contributed by atoms with E-state index in [1.807, 2.05) is 25.1 Å². The van der Waals surface area contributed by atoms with Gasteiger partial charge in [0, 0.05) is 22.2 Å². The van der Waals surface area contributed by atoms with Crippen molar-refractivity contribution in [2.24, 2.45) is 5.41 Å². The van der Waals surface area contributed by atoms with Gasteiger partial charge >= 0.3 is 6.18 Å². The largest absolute Gasteiger partial charge is 0.459 e. The first-order chi connectivity index (χ1) is 15.9. The topological polar surface area (TPSA) is 26.0 Å². The van der Waals surface area contributed by atoms with Gasteiger partial charge in [0.25, 0.3) is 0 Å². The molecule has 3 aromatic heterocycles. The van der Waals surface area contributed by atoms with Gasteiger partial charge < -0.3 is 4.42 Å². The van der Waals surface area contributed by atoms with Crippen LogP contribution in [0.2, 0.25) is 0 Å². The van der Waals surface area contributed by atoms with Gasteiger partial charge in [-0.05, 0) is 53.4 Å². The van der Waals surface area contributed by atoms with Gasteiger partial charge in [-0.15, -0.1) is 11.3 Å². The Morgan fingerprint density at radius 2 is 1.74 bits per heavy atom. The van der Waals surface area contributed by atoms with Gasteiger partial charge in [-0.2, -0.15) is 13.2 Å². The van der Waals surface area contributed by atoms with E-state index >= 15 is 0 Å². The van der Waals surface area contributed by atoms with Gasteiger partial charge in [0.2, 0.25) is 0 Å². The van der Waals surface area contributed by atoms with Crippen LogP contribution in [0.4, 0.5) is 13.2 Å². The summed E-state index contributed by atoms with van der Waals surface area (Å²) in [7, 11) is 0. The summed E-state index contributed by atoms with van der Waals surface area (Å²) >= 11 is 1.55. The molecule has 0 atom stereocenters. The lowest BCUT2D eigenvalue weighted by molar-refractivity contribution is -0.211. The molecule has 2 nitrogen and oxygen atoms in total. The third-order valence-electron chi connectivity index (χ3n) is 6.49. The molecule has 34 heavy (non-hydrogen) atoms. The van der Waals surface area contributed by atoms with Gasteiger partial charge in [-0.1, -0.05) is 52.0 Å². The quantitative estimate of drug-likeness (QED) is 0.255. The smallest absolute Gasteiger partial charge is 0.394 e. The number of hydrogen-bond donors (Lipinski definition) is 0. The summed E-state index contributed by atoms with van der Waals surface area (Å²) in [5, 5.41) is 3.07. The molecule has 176 valence electrons. The average molecular weight is 482 g/mol. The van der Waals surface area contributed by atoms with Crippen LogP contribution in [0.25, 0.3) is 43.2 Å². The molecule has 0 saturated carbocycles. The van der Waals surface area contributed by atoms with E-state index in [2.05, 4.69) is 38.1 Å². The second kappa shape index (κ2) is 7.84. The summed E-state index contributed by atoms with van der Waals surface area (Å²) in [6.45, 7) is 8.75. The van der Waals surface area contributed by atoms with Crippen LogP contribution >= 0.6 is 11.3 Å². The first-order valence-electron chi connectivity index (χ1n) is 11.4. The van der Waals surface area contributed by atoms with Crippen molar-refractivity contribution in [2.75, 3.05) is 0 Å². The highest BCUT2D eigenvalue weighted by Crippen LogP contribution is 2.44. The molecule has 0 saturated heterocycles. The monoisotopic (exact) mass is 481 g/mol. The normalized spacial score (nSPS) is 13.1. The van der Waals surface area contributed by atoms with Gasteiger partial charge in [0.05, 0.1) is 21.3 Å². The van der Waals surface area contributed by atoms with E-state index in [1.165, 1.54) is 24.8 Å². The third-order valence-corrected chi connectivity index (χ3v) is 7.52. The number of thiophene rings is 1. The van der Waals surface area contributed by atoms with Crippen LogP contribution in [-0.2, 0) is 6.42 Å². The summed E-state index contributed by atoms with van der Waals surface area (Å²) in [5.41, 5.74) is 2.43. The van der Waals surface area contributed by atoms with Crippen molar-refractivity contribution >= 4 is 43.3 Å². The molecule has 0 bridgehead atoms. The van der Waals surface area contributed by atoms with Crippen molar-refractivity contribution in [3.8, 4) is 11.3 Å². The van der Waals surface area contributed by atoms with E-state index in [1.54, 1.807) is 17.4 Å². The predicted molar refractivity (Wildman–Crippen MR) is 135 cm³/mol. The number of pyridine rings is 1. The fourth-order valence-electron chi connectivity index (χ4n) is 4.51. The molecule has 5 aromatic rings. The molecule has 0 fully saturated rings. The minimum atomic E-state index is -4.33. The number of aromatic nitrogens is 1. The lowest BCUT2D eigenvalue weighted by Gasteiger charge is -2.26. The number of fused-ring (bicyclic) bond motifs is 4. The Bertz CT molecular complexity index is 1540. The van der Waals surface area contributed by atoms with E-state index in [-0.39, 0.29) is 6.42 Å². The second-order valence-corrected chi connectivity index (χ2v) is 11.2. The van der Waals surface area contributed by atoms with Crippen molar-refractivity contribution in [1.82, 2.24) is 4.98 Å². The summed E-state index contributed by atoms with van der Waals surface area (Å²) in [5.74, 6) is 0.628. The molecule has 5 rings (SSSR count). The van der Waals surface area contributed by atoms with Gasteiger partial charge in [-0.25, -0.2) is 4.98 Å². The Hall–Kier alpha value is -2.86. The standard InChI is InChI=1S/C28H26F3NOS/c1-15(2)21-12-18(11-17-8-6-7-9-20(17)21)24-22-13-19(14-27(4,5)28(29,30)31)33-25(22)26-23(32-24)10-16(3)34-26/h6-13,15H,14H2,1-5H3. The average Bonchev–Trinajstić information content (AvgIpc) is 3.33. The van der Waals surface area contributed by atoms with Crippen LogP contribution in [0.5, 0.6) is 0 Å². The molecule has 0 unspecified atom stereocenters. The van der Waals surface area contributed by atoms with Crippen LogP contribution < -0.4 is 0 Å². The first-order valence-corrected chi connectivity index (χ1v) is 12.2. The SMILES string of the molecule is Cc1cc2nc(-c3cc(C(C)C)c4ccccc4c3)c3cc(CC(C)(C)C(F)(F)F)oc3c2s1. The molecule has 0 aliphatic heterocycles. The highest BCUT2D eigenvalue weighted by atomic mass is 32.1. The summed E-state index contributed by atoms with van der Waals surface area (Å²) in [6, 6.07) is 16.3. The highest BCUT2D eigenvalue weighted by molar-refractivity contribution is 7.19. The summed E-state index contributed by atoms with van der Waals surface area (Å²) < 4.78 is 47.8. The fourth-order valence-corrected chi connectivity index (χ4v) is 5.46. The number of benzene rings is 2. The van der Waals surface area contributed by atoms with Crippen molar-refractivity contribution in [3.05, 3.63) is 64.7 Å². The summed E-state index contributed by atoms with van der Waals surface area (Å²) in [6.07, 6.45) is -4.56. The number of halogens is 3. The lowest BCUT2D eigenvalue weighted by Crippen LogP contribution is -2.33. The molecule has 0 aliphatic rings. The second-order valence-electron chi connectivity index (χ2n) is 9.99. The molecule has 0 N–H and O–H groups in total. The zero-order valence-electron chi connectivity index (χ0n) is 19.8. The fraction of sp³-hybridized carbons (Fsp3) is 0.321. The number of nitrogens with zero attached hydrogens (tertiary/aromatic N) is 1. The molecule has 3 heterocycles. The van der Waals surface area contributed by atoms with Crippen molar-refractivity contribution in [1.29, 1.82) is 0 Å². The van der Waals surface area contributed by atoms with Crippen LogP contribution in [0.15, 0.2) is 52.9 Å². The minimum Gasteiger partial charge on any atom is -0.459 e. The Kier molecular flexibility index (Phi) is 5.28. The van der Waals surface area contributed by atoms with Crippen LogP contribution in [-0.4, -0.2) is 11.2 Å². The maximum absolute atomic E-state index is 13.6. The minimum absolute atomic E-state index is 0.231. The first kappa shape index (κ1) is 22.9. The summed E-state index contributed by atoms with van der Waals surface area (Å²) in [4.78, 5) is 6.07. The number of aryl methyl sites for hydroxylation is 1. The molecule has 0 amide bonds. The Labute approximate surface area is 200 Å². The van der Waals surface area contributed by atoms with E-state index in [4.69, 9.17) is 9.40 Å².